The number of carbonyl (C=O) groups is 1. The van der Waals surface area contributed by atoms with Crippen LogP contribution < -0.4 is 10.0 Å². The number of hydrogen-bond donors (Lipinski definition) is 2. The number of amides is 1. The van der Waals surface area contributed by atoms with Crippen molar-refractivity contribution in [3.63, 3.8) is 0 Å². The number of hydrogen-bond acceptors (Lipinski definition) is 4. The molecule has 2 aromatic rings. The van der Waals surface area contributed by atoms with Crippen LogP contribution in [0.15, 0.2) is 41.3 Å². The van der Waals surface area contributed by atoms with Gasteiger partial charge in [-0.3, -0.25) is 4.79 Å². The fourth-order valence-corrected chi connectivity index (χ4v) is 3.93. The summed E-state index contributed by atoms with van der Waals surface area (Å²) < 4.78 is 31.9. The zero-order valence-electron chi connectivity index (χ0n) is 16.1. The average molecular weight is 391 g/mol. The summed E-state index contributed by atoms with van der Waals surface area (Å²) in [6.07, 6.45) is 0.589. The molecule has 2 aromatic carbocycles. The van der Waals surface area contributed by atoms with Crippen LogP contribution in [0.25, 0.3) is 0 Å². The van der Waals surface area contributed by atoms with Crippen LogP contribution in [0.5, 0.6) is 0 Å². The first-order valence-corrected chi connectivity index (χ1v) is 10.2. The van der Waals surface area contributed by atoms with Crippen molar-refractivity contribution < 1.29 is 17.9 Å². The van der Waals surface area contributed by atoms with Crippen molar-refractivity contribution in [2.24, 2.45) is 0 Å². The number of ether oxygens (including phenoxy) is 1. The van der Waals surface area contributed by atoms with Crippen molar-refractivity contribution in [2.75, 3.05) is 25.6 Å². The van der Waals surface area contributed by atoms with Crippen LogP contribution in [0.1, 0.15) is 33.5 Å². The maximum atomic E-state index is 12.5. The molecule has 0 atom stereocenters. The van der Waals surface area contributed by atoms with Crippen molar-refractivity contribution in [3.05, 3.63) is 58.7 Å². The van der Waals surface area contributed by atoms with E-state index in [2.05, 4.69) is 10.0 Å². The summed E-state index contributed by atoms with van der Waals surface area (Å²) in [4.78, 5) is 12.6. The van der Waals surface area contributed by atoms with Gasteiger partial charge in [-0.1, -0.05) is 17.7 Å². The van der Waals surface area contributed by atoms with Crippen LogP contribution in [0, 0.1) is 20.8 Å². The molecule has 0 aromatic heterocycles. The summed E-state index contributed by atoms with van der Waals surface area (Å²) in [6.45, 7) is 6.68. The van der Waals surface area contributed by atoms with Gasteiger partial charge in [0.2, 0.25) is 10.0 Å². The van der Waals surface area contributed by atoms with E-state index in [9.17, 15) is 13.2 Å². The molecule has 2 rings (SSSR count). The smallest absolute Gasteiger partial charge is 0.255 e. The van der Waals surface area contributed by atoms with Gasteiger partial charge in [0.25, 0.3) is 5.91 Å². The third-order valence-electron chi connectivity index (χ3n) is 4.16. The molecule has 2 N–H and O–H groups in total. The zero-order chi connectivity index (χ0) is 20.0. The number of aryl methyl sites for hydroxylation is 3. The van der Waals surface area contributed by atoms with E-state index in [4.69, 9.17) is 4.74 Å². The fraction of sp³-hybridized carbons (Fsp3) is 0.350. The van der Waals surface area contributed by atoms with E-state index in [1.54, 1.807) is 7.11 Å². The number of benzene rings is 2. The SMILES string of the molecule is COCCCNS(=O)(=O)c1ccc(C(=O)Nc2c(C)cc(C)cc2C)cc1. The molecule has 0 fully saturated rings. The minimum atomic E-state index is -3.60. The molecule has 0 aliphatic heterocycles. The highest BCUT2D eigenvalue weighted by atomic mass is 32.2. The van der Waals surface area contributed by atoms with Gasteiger partial charge in [-0.2, -0.15) is 0 Å². The van der Waals surface area contributed by atoms with Crippen molar-refractivity contribution in [1.29, 1.82) is 0 Å². The van der Waals surface area contributed by atoms with Crippen LogP contribution in [-0.4, -0.2) is 34.6 Å². The first-order valence-electron chi connectivity index (χ1n) is 8.72. The second-order valence-corrected chi connectivity index (χ2v) is 8.26. The van der Waals surface area contributed by atoms with Gasteiger partial charge in [0.1, 0.15) is 0 Å². The molecule has 0 aliphatic rings. The Morgan fingerprint density at radius 2 is 1.63 bits per heavy atom. The monoisotopic (exact) mass is 390 g/mol. The van der Waals surface area contributed by atoms with Gasteiger partial charge in [-0.25, -0.2) is 13.1 Å². The van der Waals surface area contributed by atoms with Gasteiger partial charge in [0, 0.05) is 31.5 Å². The molecule has 0 radical (unpaired) electrons. The van der Waals surface area contributed by atoms with Crippen LogP contribution in [0.3, 0.4) is 0 Å². The quantitative estimate of drug-likeness (QED) is 0.678. The minimum absolute atomic E-state index is 0.124. The average Bonchev–Trinajstić information content (AvgIpc) is 2.61. The molecule has 0 spiro atoms. The standard InChI is InChI=1S/C20H26N2O4S/c1-14-12-15(2)19(16(3)13-14)22-20(23)17-6-8-18(9-7-17)27(24,25)21-10-5-11-26-4/h6-9,12-13,21H,5,10-11H2,1-4H3,(H,22,23). The number of carbonyl (C=O) groups excluding carboxylic acids is 1. The molecule has 0 unspecified atom stereocenters. The number of nitrogens with one attached hydrogen (secondary N) is 2. The van der Waals surface area contributed by atoms with E-state index in [0.29, 0.717) is 25.1 Å². The summed E-state index contributed by atoms with van der Waals surface area (Å²) in [7, 11) is -2.03. The second-order valence-electron chi connectivity index (χ2n) is 6.50. The van der Waals surface area contributed by atoms with Gasteiger partial charge in [0.15, 0.2) is 0 Å². The largest absolute Gasteiger partial charge is 0.385 e. The van der Waals surface area contributed by atoms with Crippen LogP contribution in [0.2, 0.25) is 0 Å². The van der Waals surface area contributed by atoms with Crippen molar-refractivity contribution in [3.8, 4) is 0 Å². The number of anilines is 1. The fourth-order valence-electron chi connectivity index (χ4n) is 2.85. The predicted molar refractivity (Wildman–Crippen MR) is 107 cm³/mol. The van der Waals surface area contributed by atoms with E-state index in [1.807, 2.05) is 32.9 Å². The summed E-state index contributed by atoms with van der Waals surface area (Å²) in [5.74, 6) is -0.276. The predicted octanol–water partition coefficient (Wildman–Crippen LogP) is 3.18. The van der Waals surface area contributed by atoms with E-state index in [1.165, 1.54) is 24.3 Å². The molecular weight excluding hydrogens is 364 g/mol. The van der Waals surface area contributed by atoms with Gasteiger partial charge in [-0.15, -0.1) is 0 Å². The number of rotatable bonds is 8. The van der Waals surface area contributed by atoms with Crippen LogP contribution in [-0.2, 0) is 14.8 Å². The molecule has 7 heteroatoms. The Hall–Kier alpha value is -2.22. The normalized spacial score (nSPS) is 11.4. The first kappa shape index (κ1) is 21.1. The molecule has 0 aliphatic carbocycles. The minimum Gasteiger partial charge on any atom is -0.385 e. The molecule has 146 valence electrons. The Labute approximate surface area is 161 Å². The lowest BCUT2D eigenvalue weighted by molar-refractivity contribution is 0.102. The highest BCUT2D eigenvalue weighted by Crippen LogP contribution is 2.23. The maximum Gasteiger partial charge on any atom is 0.255 e. The van der Waals surface area contributed by atoms with Crippen LogP contribution in [0.4, 0.5) is 5.69 Å². The lowest BCUT2D eigenvalue weighted by Crippen LogP contribution is -2.25. The van der Waals surface area contributed by atoms with Gasteiger partial charge in [0.05, 0.1) is 4.90 Å². The maximum absolute atomic E-state index is 12.5. The second kappa shape index (κ2) is 9.12. The Morgan fingerprint density at radius 1 is 1.04 bits per heavy atom. The molecular formula is C20H26N2O4S. The summed E-state index contributed by atoms with van der Waals surface area (Å²) in [5, 5.41) is 2.91. The molecule has 0 bridgehead atoms. The molecule has 1 amide bonds. The Balaban J connectivity index is 2.09. The van der Waals surface area contributed by atoms with Crippen LogP contribution >= 0.6 is 0 Å². The third-order valence-corrected chi connectivity index (χ3v) is 5.64. The van der Waals surface area contributed by atoms with E-state index < -0.39 is 10.0 Å². The Morgan fingerprint density at radius 3 is 2.19 bits per heavy atom. The molecule has 0 saturated carbocycles. The number of methoxy groups -OCH3 is 1. The van der Waals surface area contributed by atoms with Gasteiger partial charge in [-0.05, 0) is 62.6 Å². The summed E-state index contributed by atoms with van der Waals surface area (Å²) >= 11 is 0. The lowest BCUT2D eigenvalue weighted by atomic mass is 10.0. The van der Waals surface area contributed by atoms with Gasteiger partial charge < -0.3 is 10.1 Å². The highest BCUT2D eigenvalue weighted by Gasteiger charge is 2.15. The molecule has 6 nitrogen and oxygen atoms in total. The van der Waals surface area contributed by atoms with Crippen molar-refractivity contribution in [2.45, 2.75) is 32.1 Å². The van der Waals surface area contributed by atoms with Crippen molar-refractivity contribution in [1.82, 2.24) is 4.72 Å². The first-order chi connectivity index (χ1) is 12.7. The topological polar surface area (TPSA) is 84.5 Å². The highest BCUT2D eigenvalue weighted by molar-refractivity contribution is 7.89. The summed E-state index contributed by atoms with van der Waals surface area (Å²) in [6, 6.07) is 9.90. The third kappa shape index (κ3) is 5.63. The molecule has 0 heterocycles. The molecule has 0 saturated heterocycles. The van der Waals surface area contributed by atoms with Crippen molar-refractivity contribution >= 4 is 21.6 Å². The lowest BCUT2D eigenvalue weighted by Gasteiger charge is -2.13. The Bertz CT molecular complexity index is 883. The van der Waals surface area contributed by atoms with E-state index >= 15 is 0 Å². The zero-order valence-corrected chi connectivity index (χ0v) is 16.9. The Kier molecular flexibility index (Phi) is 7.12. The van der Waals surface area contributed by atoms with E-state index in [-0.39, 0.29) is 10.8 Å². The summed E-state index contributed by atoms with van der Waals surface area (Å²) in [5.41, 5.74) is 4.28. The number of sulfonamides is 1. The van der Waals surface area contributed by atoms with Gasteiger partial charge >= 0.3 is 0 Å². The molecule has 27 heavy (non-hydrogen) atoms. The van der Waals surface area contributed by atoms with E-state index in [0.717, 1.165) is 22.4 Å².